The number of nitrogens with zero attached hydrogens (tertiary/aromatic N) is 2. The van der Waals surface area contributed by atoms with Crippen LogP contribution in [0, 0.1) is 16.0 Å². The monoisotopic (exact) mass is 262 g/mol. The summed E-state index contributed by atoms with van der Waals surface area (Å²) >= 11 is 0. The van der Waals surface area contributed by atoms with E-state index in [-0.39, 0.29) is 17.5 Å². The van der Waals surface area contributed by atoms with Crippen LogP contribution in [0.4, 0.5) is 5.69 Å². The van der Waals surface area contributed by atoms with E-state index in [0.29, 0.717) is 12.5 Å². The maximum absolute atomic E-state index is 12.4. The maximum atomic E-state index is 12.4. The highest BCUT2D eigenvalue weighted by Gasteiger charge is 2.41. The molecule has 2 fully saturated rings. The van der Waals surface area contributed by atoms with E-state index < -0.39 is 16.4 Å². The van der Waals surface area contributed by atoms with E-state index in [0.717, 1.165) is 19.3 Å². The zero-order valence-electron chi connectivity index (χ0n) is 10.3. The van der Waals surface area contributed by atoms with Crippen LogP contribution < -0.4 is 0 Å². The Morgan fingerprint density at radius 3 is 2.79 bits per heavy atom. The summed E-state index contributed by atoms with van der Waals surface area (Å²) in [5.74, 6) is -0.275. The second-order valence-electron chi connectivity index (χ2n) is 5.22. The second kappa shape index (κ2) is 4.22. The Kier molecular flexibility index (Phi) is 2.66. The molecule has 1 aliphatic carbocycles. The number of para-hydroxylation sites is 1. The SMILES string of the molecule is O=C(c1cccc([N+](=O)[O-])c1O)N1CC2CCC1C2. The van der Waals surface area contributed by atoms with Gasteiger partial charge >= 0.3 is 5.69 Å². The van der Waals surface area contributed by atoms with Gasteiger partial charge in [-0.15, -0.1) is 0 Å². The minimum Gasteiger partial charge on any atom is -0.502 e. The standard InChI is InChI=1S/C13H14N2O4/c16-12-10(2-1-3-11(12)15(18)19)13(17)14-7-8-4-5-9(14)6-8/h1-3,8-9,16H,4-7H2. The van der Waals surface area contributed by atoms with Gasteiger partial charge in [-0.05, 0) is 31.2 Å². The molecule has 1 amide bonds. The van der Waals surface area contributed by atoms with Gasteiger partial charge in [-0.25, -0.2) is 0 Å². The third-order valence-corrected chi connectivity index (χ3v) is 4.11. The summed E-state index contributed by atoms with van der Waals surface area (Å²) in [4.78, 5) is 24.2. The number of hydrogen-bond donors (Lipinski definition) is 1. The highest BCUT2D eigenvalue weighted by atomic mass is 16.6. The lowest BCUT2D eigenvalue weighted by atomic mass is 10.1. The molecule has 6 heteroatoms. The number of rotatable bonds is 2. The zero-order valence-corrected chi connectivity index (χ0v) is 10.3. The van der Waals surface area contributed by atoms with Crippen LogP contribution in [0.2, 0.25) is 0 Å². The van der Waals surface area contributed by atoms with Crippen molar-refractivity contribution >= 4 is 11.6 Å². The summed E-state index contributed by atoms with van der Waals surface area (Å²) in [6.07, 6.45) is 3.16. The van der Waals surface area contributed by atoms with E-state index in [2.05, 4.69) is 0 Å². The third kappa shape index (κ3) is 1.83. The summed E-state index contributed by atoms with van der Waals surface area (Å²) in [5, 5.41) is 20.6. The zero-order chi connectivity index (χ0) is 13.6. The Bertz CT molecular complexity index is 558. The fourth-order valence-electron chi connectivity index (χ4n) is 3.18. The number of piperidine rings is 1. The molecule has 1 aliphatic heterocycles. The predicted molar refractivity (Wildman–Crippen MR) is 66.9 cm³/mol. The van der Waals surface area contributed by atoms with Crippen LogP contribution in [0.1, 0.15) is 29.6 Å². The van der Waals surface area contributed by atoms with Crippen molar-refractivity contribution in [1.29, 1.82) is 0 Å². The van der Waals surface area contributed by atoms with Gasteiger partial charge < -0.3 is 10.0 Å². The Hall–Kier alpha value is -2.11. The normalized spacial score (nSPS) is 24.7. The van der Waals surface area contributed by atoms with Gasteiger partial charge in [0, 0.05) is 18.7 Å². The molecule has 19 heavy (non-hydrogen) atoms. The molecule has 2 atom stereocenters. The van der Waals surface area contributed by atoms with Gasteiger partial charge in [0.2, 0.25) is 5.75 Å². The molecular formula is C13H14N2O4. The molecule has 2 unspecified atom stereocenters. The molecule has 1 N–H and O–H groups in total. The van der Waals surface area contributed by atoms with Gasteiger partial charge in [0.05, 0.1) is 10.5 Å². The molecule has 0 aromatic heterocycles. The molecule has 6 nitrogen and oxygen atoms in total. The smallest absolute Gasteiger partial charge is 0.311 e. The lowest BCUT2D eigenvalue weighted by molar-refractivity contribution is -0.385. The van der Waals surface area contributed by atoms with Crippen LogP contribution in [0.15, 0.2) is 18.2 Å². The first-order chi connectivity index (χ1) is 9.08. The highest BCUT2D eigenvalue weighted by Crippen LogP contribution is 2.39. The number of aromatic hydroxyl groups is 1. The Balaban J connectivity index is 1.92. The molecule has 1 heterocycles. The largest absolute Gasteiger partial charge is 0.502 e. The molecule has 3 rings (SSSR count). The van der Waals surface area contributed by atoms with Crippen LogP contribution in [-0.4, -0.2) is 33.4 Å². The van der Waals surface area contributed by atoms with Gasteiger partial charge in [0.1, 0.15) is 0 Å². The van der Waals surface area contributed by atoms with Crippen molar-refractivity contribution in [3.05, 3.63) is 33.9 Å². The highest BCUT2D eigenvalue weighted by molar-refractivity contribution is 5.98. The van der Waals surface area contributed by atoms with Crippen molar-refractivity contribution in [3.63, 3.8) is 0 Å². The molecule has 1 saturated carbocycles. The summed E-state index contributed by atoms with van der Waals surface area (Å²) < 4.78 is 0. The molecule has 1 aromatic rings. The number of nitro benzene ring substituents is 1. The van der Waals surface area contributed by atoms with Crippen LogP contribution in [-0.2, 0) is 0 Å². The lowest BCUT2D eigenvalue weighted by Crippen LogP contribution is -2.37. The lowest BCUT2D eigenvalue weighted by Gasteiger charge is -2.27. The van der Waals surface area contributed by atoms with Crippen LogP contribution in [0.25, 0.3) is 0 Å². The molecule has 2 bridgehead atoms. The molecule has 100 valence electrons. The topological polar surface area (TPSA) is 83.7 Å². The van der Waals surface area contributed by atoms with Crippen molar-refractivity contribution < 1.29 is 14.8 Å². The van der Waals surface area contributed by atoms with E-state index >= 15 is 0 Å². The molecule has 0 radical (unpaired) electrons. The van der Waals surface area contributed by atoms with Crippen molar-refractivity contribution in [2.45, 2.75) is 25.3 Å². The van der Waals surface area contributed by atoms with Crippen LogP contribution >= 0.6 is 0 Å². The summed E-state index contributed by atoms with van der Waals surface area (Å²) in [7, 11) is 0. The van der Waals surface area contributed by atoms with Gasteiger partial charge in [-0.2, -0.15) is 0 Å². The Labute approximate surface area is 109 Å². The molecule has 2 aliphatic rings. The average molecular weight is 262 g/mol. The number of likely N-dealkylation sites (tertiary alicyclic amines) is 1. The minimum absolute atomic E-state index is 0.0294. The van der Waals surface area contributed by atoms with Crippen LogP contribution in [0.5, 0.6) is 5.75 Å². The Morgan fingerprint density at radius 1 is 1.42 bits per heavy atom. The molecular weight excluding hydrogens is 248 g/mol. The number of benzene rings is 1. The van der Waals surface area contributed by atoms with E-state index in [1.54, 1.807) is 4.90 Å². The average Bonchev–Trinajstić information content (AvgIpc) is 3.00. The van der Waals surface area contributed by atoms with Gasteiger partial charge in [0.15, 0.2) is 0 Å². The third-order valence-electron chi connectivity index (χ3n) is 4.11. The molecule has 1 saturated heterocycles. The van der Waals surface area contributed by atoms with E-state index in [9.17, 15) is 20.0 Å². The first-order valence-corrected chi connectivity index (χ1v) is 6.35. The van der Waals surface area contributed by atoms with E-state index in [1.807, 2.05) is 0 Å². The first-order valence-electron chi connectivity index (χ1n) is 6.35. The summed E-state index contributed by atoms with van der Waals surface area (Å²) in [6.45, 7) is 0.700. The quantitative estimate of drug-likeness (QED) is 0.652. The van der Waals surface area contributed by atoms with Crippen molar-refractivity contribution in [2.24, 2.45) is 5.92 Å². The Morgan fingerprint density at radius 2 is 2.21 bits per heavy atom. The number of hydrogen-bond acceptors (Lipinski definition) is 4. The first kappa shape index (κ1) is 12.0. The number of carbonyl (C=O) groups is 1. The fourth-order valence-corrected chi connectivity index (χ4v) is 3.18. The van der Waals surface area contributed by atoms with E-state index in [1.165, 1.54) is 18.2 Å². The predicted octanol–water partition coefficient (Wildman–Crippen LogP) is 1.92. The van der Waals surface area contributed by atoms with Gasteiger partial charge in [-0.1, -0.05) is 6.07 Å². The minimum atomic E-state index is -0.678. The van der Waals surface area contributed by atoms with E-state index in [4.69, 9.17) is 0 Å². The summed E-state index contributed by atoms with van der Waals surface area (Å²) in [6, 6.07) is 4.30. The van der Waals surface area contributed by atoms with Crippen molar-refractivity contribution in [1.82, 2.24) is 4.90 Å². The van der Waals surface area contributed by atoms with Crippen molar-refractivity contribution in [2.75, 3.05) is 6.54 Å². The molecule has 1 aromatic carbocycles. The summed E-state index contributed by atoms with van der Waals surface area (Å²) in [5.41, 5.74) is -0.392. The number of nitro groups is 1. The van der Waals surface area contributed by atoms with Gasteiger partial charge in [-0.3, -0.25) is 14.9 Å². The number of amides is 1. The van der Waals surface area contributed by atoms with Crippen LogP contribution in [0.3, 0.4) is 0 Å². The number of phenolic OH excluding ortho intramolecular Hbond substituents is 1. The van der Waals surface area contributed by atoms with Crippen molar-refractivity contribution in [3.8, 4) is 5.75 Å². The fraction of sp³-hybridized carbons (Fsp3) is 0.462. The maximum Gasteiger partial charge on any atom is 0.311 e. The molecule has 0 spiro atoms. The number of phenols is 1. The van der Waals surface area contributed by atoms with Gasteiger partial charge in [0.25, 0.3) is 5.91 Å². The number of fused-ring (bicyclic) bond motifs is 2. The second-order valence-corrected chi connectivity index (χ2v) is 5.22. The number of carbonyl (C=O) groups excluding carboxylic acids is 1.